The summed E-state index contributed by atoms with van der Waals surface area (Å²) in [5, 5.41) is 7.34. The van der Waals surface area contributed by atoms with E-state index in [0.29, 0.717) is 6.54 Å². The number of amides is 1. The molecule has 0 bridgehead atoms. The predicted molar refractivity (Wildman–Crippen MR) is 101 cm³/mol. The Morgan fingerprint density at radius 2 is 2.04 bits per heavy atom. The highest BCUT2D eigenvalue weighted by Gasteiger charge is 2.32. The fraction of sp³-hybridized carbons (Fsp3) is 0.286. The highest BCUT2D eigenvalue weighted by molar-refractivity contribution is 5.95. The molecule has 0 radical (unpaired) electrons. The second-order valence-corrected chi connectivity index (χ2v) is 6.88. The van der Waals surface area contributed by atoms with Gasteiger partial charge in [0.2, 0.25) is 0 Å². The largest absolute Gasteiger partial charge is 0.330 e. The minimum atomic E-state index is -0.485. The van der Waals surface area contributed by atoms with Crippen LogP contribution in [0.25, 0.3) is 11.1 Å². The van der Waals surface area contributed by atoms with Gasteiger partial charge < -0.3 is 4.90 Å². The van der Waals surface area contributed by atoms with Crippen LogP contribution in [-0.2, 0) is 0 Å². The molecular weight excluding hydrogens is 343 g/mol. The molecule has 1 N–H and O–H groups in total. The highest BCUT2D eigenvalue weighted by Crippen LogP contribution is 2.37. The number of hydrogen-bond donors (Lipinski definition) is 1. The fourth-order valence-electron chi connectivity index (χ4n) is 3.80. The molecule has 1 fully saturated rings. The maximum absolute atomic E-state index is 14.2. The lowest BCUT2D eigenvalue weighted by Gasteiger charge is -2.36. The van der Waals surface area contributed by atoms with E-state index in [9.17, 15) is 9.18 Å². The number of halogens is 1. The predicted octanol–water partition coefficient (Wildman–Crippen LogP) is 4.29. The number of aromatic nitrogens is 3. The molecule has 0 aliphatic carbocycles. The minimum absolute atomic E-state index is 0.116. The average molecular weight is 364 g/mol. The van der Waals surface area contributed by atoms with Gasteiger partial charge in [-0.15, -0.1) is 0 Å². The SMILES string of the molecule is Cc1cnccc1-c1cn[nH]c1C1CCCCN1C(=O)c1ccccc1F. The van der Waals surface area contributed by atoms with Crippen LogP contribution in [0.4, 0.5) is 4.39 Å². The quantitative estimate of drug-likeness (QED) is 0.754. The maximum atomic E-state index is 14.2. The van der Waals surface area contributed by atoms with Gasteiger partial charge in [-0.25, -0.2) is 4.39 Å². The Hall–Kier alpha value is -3.02. The summed E-state index contributed by atoms with van der Waals surface area (Å²) in [6, 6.07) is 7.96. The fourth-order valence-corrected chi connectivity index (χ4v) is 3.80. The van der Waals surface area contributed by atoms with Crippen LogP contribution < -0.4 is 0 Å². The van der Waals surface area contributed by atoms with E-state index in [2.05, 4.69) is 15.2 Å². The second kappa shape index (κ2) is 7.31. The van der Waals surface area contributed by atoms with Crippen molar-refractivity contribution in [2.45, 2.75) is 32.2 Å². The molecule has 1 atom stereocenters. The normalized spacial score (nSPS) is 17.1. The molecule has 4 rings (SSSR count). The summed E-state index contributed by atoms with van der Waals surface area (Å²) in [6.45, 7) is 2.61. The van der Waals surface area contributed by atoms with Crippen LogP contribution in [0.3, 0.4) is 0 Å². The van der Waals surface area contributed by atoms with Crippen molar-refractivity contribution in [2.75, 3.05) is 6.54 Å². The first-order chi connectivity index (χ1) is 13.2. The van der Waals surface area contributed by atoms with E-state index >= 15 is 0 Å². The molecule has 1 aliphatic heterocycles. The minimum Gasteiger partial charge on any atom is -0.330 e. The zero-order valence-electron chi connectivity index (χ0n) is 15.2. The van der Waals surface area contributed by atoms with E-state index in [1.165, 1.54) is 6.07 Å². The van der Waals surface area contributed by atoms with Gasteiger partial charge in [-0.2, -0.15) is 5.10 Å². The number of carbonyl (C=O) groups is 1. The van der Waals surface area contributed by atoms with Crippen molar-refractivity contribution in [3.63, 3.8) is 0 Å². The van der Waals surface area contributed by atoms with Crippen LogP contribution >= 0.6 is 0 Å². The third-order valence-corrected chi connectivity index (χ3v) is 5.18. The van der Waals surface area contributed by atoms with Gasteiger partial charge in [0, 0.05) is 24.5 Å². The van der Waals surface area contributed by atoms with Gasteiger partial charge in [-0.3, -0.25) is 14.9 Å². The number of carbonyl (C=O) groups excluding carboxylic acids is 1. The molecule has 27 heavy (non-hydrogen) atoms. The summed E-state index contributed by atoms with van der Waals surface area (Å²) in [7, 11) is 0. The molecule has 1 saturated heterocycles. The Morgan fingerprint density at radius 3 is 2.85 bits per heavy atom. The van der Waals surface area contributed by atoms with Crippen LogP contribution in [0.5, 0.6) is 0 Å². The molecule has 3 aromatic rings. The smallest absolute Gasteiger partial charge is 0.257 e. The molecule has 1 aliphatic rings. The van der Waals surface area contributed by atoms with Crippen molar-refractivity contribution >= 4 is 5.91 Å². The first kappa shape index (κ1) is 17.4. The molecule has 5 nitrogen and oxygen atoms in total. The molecule has 0 saturated carbocycles. The van der Waals surface area contributed by atoms with Crippen LogP contribution in [-0.4, -0.2) is 32.5 Å². The van der Waals surface area contributed by atoms with Crippen LogP contribution in [0.1, 0.15) is 46.9 Å². The third-order valence-electron chi connectivity index (χ3n) is 5.18. The van der Waals surface area contributed by atoms with Crippen LogP contribution in [0.15, 0.2) is 48.9 Å². The average Bonchev–Trinajstić information content (AvgIpc) is 3.17. The maximum Gasteiger partial charge on any atom is 0.257 e. The van der Waals surface area contributed by atoms with Crippen molar-refractivity contribution in [3.05, 3.63) is 71.6 Å². The van der Waals surface area contributed by atoms with Crippen molar-refractivity contribution < 1.29 is 9.18 Å². The Kier molecular flexibility index (Phi) is 4.71. The number of benzene rings is 1. The van der Waals surface area contributed by atoms with E-state index in [-0.39, 0.29) is 17.5 Å². The lowest BCUT2D eigenvalue weighted by Crippen LogP contribution is -2.39. The zero-order chi connectivity index (χ0) is 18.8. The van der Waals surface area contributed by atoms with Crippen molar-refractivity contribution in [1.82, 2.24) is 20.1 Å². The van der Waals surface area contributed by atoms with E-state index in [1.807, 2.05) is 19.2 Å². The third kappa shape index (κ3) is 3.23. The Labute approximate surface area is 157 Å². The summed E-state index contributed by atoms with van der Waals surface area (Å²) < 4.78 is 14.2. The van der Waals surface area contributed by atoms with Gasteiger partial charge in [-0.05, 0) is 55.5 Å². The van der Waals surface area contributed by atoms with Crippen LogP contribution in [0.2, 0.25) is 0 Å². The molecule has 138 valence electrons. The van der Waals surface area contributed by atoms with Crippen molar-refractivity contribution in [3.8, 4) is 11.1 Å². The number of pyridine rings is 1. The van der Waals surface area contributed by atoms with Crippen LogP contribution in [0, 0.1) is 12.7 Å². The van der Waals surface area contributed by atoms with E-state index in [4.69, 9.17) is 0 Å². The second-order valence-electron chi connectivity index (χ2n) is 6.88. The Morgan fingerprint density at radius 1 is 1.19 bits per heavy atom. The number of piperidine rings is 1. The van der Waals surface area contributed by atoms with E-state index in [0.717, 1.165) is 41.6 Å². The van der Waals surface area contributed by atoms with Gasteiger partial charge >= 0.3 is 0 Å². The van der Waals surface area contributed by atoms with Crippen molar-refractivity contribution in [1.29, 1.82) is 0 Å². The first-order valence-electron chi connectivity index (χ1n) is 9.16. The van der Waals surface area contributed by atoms with Gasteiger partial charge in [0.1, 0.15) is 5.82 Å². The van der Waals surface area contributed by atoms with Crippen molar-refractivity contribution in [2.24, 2.45) is 0 Å². The number of likely N-dealkylation sites (tertiary alicyclic amines) is 1. The summed E-state index contributed by atoms with van der Waals surface area (Å²) in [4.78, 5) is 19.0. The van der Waals surface area contributed by atoms with Gasteiger partial charge in [0.05, 0.1) is 23.5 Å². The summed E-state index contributed by atoms with van der Waals surface area (Å²) in [5.74, 6) is -0.758. The first-order valence-corrected chi connectivity index (χ1v) is 9.16. The number of nitrogens with one attached hydrogen (secondary N) is 1. The summed E-state index contributed by atoms with van der Waals surface area (Å²) >= 11 is 0. The summed E-state index contributed by atoms with van der Waals surface area (Å²) in [5.41, 5.74) is 4.06. The number of hydrogen-bond acceptors (Lipinski definition) is 3. The van der Waals surface area contributed by atoms with Gasteiger partial charge in [-0.1, -0.05) is 12.1 Å². The topological polar surface area (TPSA) is 61.9 Å². The van der Waals surface area contributed by atoms with E-state index < -0.39 is 5.82 Å². The molecular formula is C21H21FN4O. The lowest BCUT2D eigenvalue weighted by molar-refractivity contribution is 0.0602. The monoisotopic (exact) mass is 364 g/mol. The lowest BCUT2D eigenvalue weighted by atomic mass is 9.93. The standard InChI is InChI=1S/C21H21FN4O/c1-14-12-23-10-9-15(14)17-13-24-25-20(17)19-8-4-5-11-26(19)21(27)16-6-2-3-7-18(16)22/h2-3,6-7,9-10,12-13,19H,4-5,8,11H2,1H3,(H,24,25). The number of H-pyrrole nitrogens is 1. The molecule has 1 unspecified atom stereocenters. The molecule has 1 amide bonds. The summed E-state index contributed by atoms with van der Waals surface area (Å²) in [6.07, 6.45) is 8.10. The molecule has 0 spiro atoms. The highest BCUT2D eigenvalue weighted by atomic mass is 19.1. The Bertz CT molecular complexity index is 968. The molecule has 1 aromatic carbocycles. The van der Waals surface area contributed by atoms with E-state index in [1.54, 1.807) is 35.5 Å². The van der Waals surface area contributed by atoms with Gasteiger partial charge in [0.15, 0.2) is 0 Å². The molecule has 6 heteroatoms. The number of rotatable bonds is 3. The molecule has 3 heterocycles. The zero-order valence-corrected chi connectivity index (χ0v) is 15.2. The molecule has 2 aromatic heterocycles. The van der Waals surface area contributed by atoms with Gasteiger partial charge in [0.25, 0.3) is 5.91 Å². The number of aryl methyl sites for hydroxylation is 1. The number of aromatic amines is 1. The Balaban J connectivity index is 1.73. The number of nitrogens with zero attached hydrogens (tertiary/aromatic N) is 3.